The third-order valence-electron chi connectivity index (χ3n) is 4.88. The predicted molar refractivity (Wildman–Crippen MR) is 130 cm³/mol. The van der Waals surface area contributed by atoms with Gasteiger partial charge in [-0.2, -0.15) is 0 Å². The molecule has 0 N–H and O–H groups in total. The van der Waals surface area contributed by atoms with Crippen LogP contribution in [0.15, 0.2) is 70.0 Å². The van der Waals surface area contributed by atoms with Gasteiger partial charge in [-0.05, 0) is 79.8 Å². The fourth-order valence-electron chi connectivity index (χ4n) is 3.39. The van der Waals surface area contributed by atoms with Crippen molar-refractivity contribution < 1.29 is 14.3 Å². The van der Waals surface area contributed by atoms with Gasteiger partial charge in [-0.1, -0.05) is 56.3 Å². The molecule has 1 fully saturated rings. The second-order valence-electron chi connectivity index (χ2n) is 7.85. The number of carbonyl (C=O) groups excluding carboxylic acids is 2. The van der Waals surface area contributed by atoms with Gasteiger partial charge in [0.05, 0.1) is 9.38 Å². The number of halogens is 1. The average Bonchev–Trinajstić information content (AvgIpc) is 3.00. The maximum Gasteiger partial charge on any atom is 0.293 e. The molecule has 4 nitrogen and oxygen atoms in total. The third kappa shape index (κ3) is 5.02. The maximum atomic E-state index is 12.5. The minimum atomic E-state index is -0.226. The Bertz CT molecular complexity index is 1190. The van der Waals surface area contributed by atoms with Crippen LogP contribution >= 0.6 is 27.7 Å². The summed E-state index contributed by atoms with van der Waals surface area (Å²) in [6.07, 6.45) is 1.75. The monoisotopic (exact) mass is 495 g/mol. The van der Waals surface area contributed by atoms with E-state index in [1.807, 2.05) is 44.2 Å². The van der Waals surface area contributed by atoms with Crippen LogP contribution in [0.25, 0.3) is 16.8 Å². The highest BCUT2D eigenvalue weighted by Gasteiger charge is 2.35. The molecule has 1 saturated heterocycles. The lowest BCUT2D eigenvalue weighted by molar-refractivity contribution is -0.123. The van der Waals surface area contributed by atoms with E-state index in [2.05, 4.69) is 46.3 Å². The second kappa shape index (κ2) is 9.28. The Morgan fingerprint density at radius 3 is 2.55 bits per heavy atom. The number of ether oxygens (including phenoxy) is 1. The molecular weight excluding hydrogens is 474 g/mol. The number of hydrogen-bond acceptors (Lipinski definition) is 4. The first kappa shape index (κ1) is 21.7. The normalized spacial score (nSPS) is 15.5. The van der Waals surface area contributed by atoms with Crippen molar-refractivity contribution in [3.05, 3.63) is 81.2 Å². The molecule has 158 valence electrons. The SMILES string of the molecule is CC(C)CN1C(=O)S/C(=C/c2ccc(OCc3ccc4ccccc4c3)c(Br)c2)C1=O. The summed E-state index contributed by atoms with van der Waals surface area (Å²) in [7, 11) is 0. The highest BCUT2D eigenvalue weighted by molar-refractivity contribution is 9.10. The van der Waals surface area contributed by atoms with Crippen molar-refractivity contribution in [2.24, 2.45) is 5.92 Å². The summed E-state index contributed by atoms with van der Waals surface area (Å²) in [6, 6.07) is 20.2. The molecule has 0 aromatic heterocycles. The fraction of sp³-hybridized carbons (Fsp3) is 0.200. The van der Waals surface area contributed by atoms with E-state index < -0.39 is 0 Å². The van der Waals surface area contributed by atoms with E-state index in [0.29, 0.717) is 18.1 Å². The minimum absolute atomic E-state index is 0.209. The van der Waals surface area contributed by atoms with Gasteiger partial charge in [-0.25, -0.2) is 0 Å². The summed E-state index contributed by atoms with van der Waals surface area (Å²) >= 11 is 4.55. The molecule has 1 aliphatic heterocycles. The molecule has 6 heteroatoms. The van der Waals surface area contributed by atoms with Gasteiger partial charge in [-0.3, -0.25) is 14.5 Å². The van der Waals surface area contributed by atoms with E-state index >= 15 is 0 Å². The first-order chi connectivity index (χ1) is 14.9. The number of rotatable bonds is 6. The Balaban J connectivity index is 1.46. The van der Waals surface area contributed by atoms with Gasteiger partial charge in [0.1, 0.15) is 12.4 Å². The molecule has 0 radical (unpaired) electrons. The third-order valence-corrected chi connectivity index (χ3v) is 6.41. The van der Waals surface area contributed by atoms with Gasteiger partial charge >= 0.3 is 0 Å². The fourth-order valence-corrected chi connectivity index (χ4v) is 4.75. The van der Waals surface area contributed by atoms with Gasteiger partial charge in [0, 0.05) is 6.54 Å². The van der Waals surface area contributed by atoms with Crippen molar-refractivity contribution in [3.8, 4) is 5.75 Å². The maximum absolute atomic E-state index is 12.5. The lowest BCUT2D eigenvalue weighted by Crippen LogP contribution is -2.31. The molecule has 31 heavy (non-hydrogen) atoms. The highest BCUT2D eigenvalue weighted by atomic mass is 79.9. The van der Waals surface area contributed by atoms with E-state index in [9.17, 15) is 9.59 Å². The van der Waals surface area contributed by atoms with Gasteiger partial charge < -0.3 is 4.74 Å². The van der Waals surface area contributed by atoms with Gasteiger partial charge in [-0.15, -0.1) is 0 Å². The zero-order chi connectivity index (χ0) is 22.0. The number of nitrogens with zero attached hydrogens (tertiary/aromatic N) is 1. The van der Waals surface area contributed by atoms with Crippen LogP contribution in [0, 0.1) is 5.92 Å². The molecule has 0 atom stereocenters. The summed E-state index contributed by atoms with van der Waals surface area (Å²) in [5, 5.41) is 2.18. The van der Waals surface area contributed by atoms with Crippen LogP contribution < -0.4 is 4.74 Å². The lowest BCUT2D eigenvalue weighted by Gasteiger charge is -2.14. The number of amides is 2. The van der Waals surface area contributed by atoms with E-state index in [4.69, 9.17) is 4.74 Å². The number of imide groups is 1. The van der Waals surface area contributed by atoms with Crippen LogP contribution in [0.3, 0.4) is 0 Å². The number of hydrogen-bond donors (Lipinski definition) is 0. The van der Waals surface area contributed by atoms with Crippen LogP contribution in [0.2, 0.25) is 0 Å². The topological polar surface area (TPSA) is 46.6 Å². The highest BCUT2D eigenvalue weighted by Crippen LogP contribution is 2.34. The van der Waals surface area contributed by atoms with E-state index in [0.717, 1.165) is 33.1 Å². The minimum Gasteiger partial charge on any atom is -0.488 e. The Morgan fingerprint density at radius 1 is 1.03 bits per heavy atom. The number of benzene rings is 3. The number of thioether (sulfide) groups is 1. The van der Waals surface area contributed by atoms with Gasteiger partial charge in [0.25, 0.3) is 11.1 Å². The molecule has 0 spiro atoms. The summed E-state index contributed by atoms with van der Waals surface area (Å²) < 4.78 is 6.79. The molecule has 2 amide bonds. The molecule has 4 rings (SSSR count). The first-order valence-corrected chi connectivity index (χ1v) is 11.7. The van der Waals surface area contributed by atoms with Crippen molar-refractivity contribution in [1.29, 1.82) is 0 Å². The number of fused-ring (bicyclic) bond motifs is 1. The summed E-state index contributed by atoms with van der Waals surface area (Å²) in [4.78, 5) is 26.4. The molecule has 0 bridgehead atoms. The average molecular weight is 496 g/mol. The Hall–Kier alpha value is -2.57. The molecule has 0 aliphatic carbocycles. The molecular formula is C25H22BrNO3S. The van der Waals surface area contributed by atoms with Crippen molar-refractivity contribution in [1.82, 2.24) is 4.90 Å². The van der Waals surface area contributed by atoms with E-state index in [1.54, 1.807) is 6.08 Å². The van der Waals surface area contributed by atoms with Crippen molar-refractivity contribution in [3.63, 3.8) is 0 Å². The Kier molecular flexibility index (Phi) is 6.49. The first-order valence-electron chi connectivity index (χ1n) is 10.1. The quantitative estimate of drug-likeness (QED) is 0.350. The zero-order valence-corrected chi connectivity index (χ0v) is 19.7. The zero-order valence-electron chi connectivity index (χ0n) is 17.3. The largest absolute Gasteiger partial charge is 0.488 e. The molecule has 0 saturated carbocycles. The molecule has 3 aromatic carbocycles. The molecule has 0 unspecified atom stereocenters. The van der Waals surface area contributed by atoms with Crippen LogP contribution in [-0.4, -0.2) is 22.6 Å². The van der Waals surface area contributed by atoms with Crippen LogP contribution in [0.1, 0.15) is 25.0 Å². The Labute approximate surface area is 194 Å². The molecule has 3 aromatic rings. The van der Waals surface area contributed by atoms with E-state index in [1.165, 1.54) is 15.7 Å². The standard InChI is InChI=1S/C25H22BrNO3S/c1-16(2)14-27-24(28)23(31-25(27)29)13-17-8-10-22(21(26)12-17)30-15-18-7-9-19-5-3-4-6-20(19)11-18/h3-13,16H,14-15H2,1-2H3/b23-13+. The van der Waals surface area contributed by atoms with Crippen molar-refractivity contribution in [2.75, 3.05) is 6.54 Å². The predicted octanol–water partition coefficient (Wildman–Crippen LogP) is 6.87. The second-order valence-corrected chi connectivity index (χ2v) is 9.69. The van der Waals surface area contributed by atoms with Gasteiger partial charge in [0.15, 0.2) is 0 Å². The Morgan fingerprint density at radius 2 is 1.81 bits per heavy atom. The van der Waals surface area contributed by atoms with Crippen LogP contribution in [0.4, 0.5) is 4.79 Å². The van der Waals surface area contributed by atoms with Crippen molar-refractivity contribution in [2.45, 2.75) is 20.5 Å². The lowest BCUT2D eigenvalue weighted by atomic mass is 10.1. The smallest absolute Gasteiger partial charge is 0.293 e. The van der Waals surface area contributed by atoms with Gasteiger partial charge in [0.2, 0.25) is 0 Å². The van der Waals surface area contributed by atoms with Crippen LogP contribution in [-0.2, 0) is 11.4 Å². The number of carbonyl (C=O) groups is 2. The van der Waals surface area contributed by atoms with Crippen molar-refractivity contribution >= 4 is 55.7 Å². The van der Waals surface area contributed by atoms with E-state index in [-0.39, 0.29) is 17.1 Å². The summed E-state index contributed by atoms with van der Waals surface area (Å²) in [5.74, 6) is 0.732. The summed E-state index contributed by atoms with van der Waals surface area (Å²) in [5.41, 5.74) is 1.92. The molecule has 1 heterocycles. The molecule has 1 aliphatic rings. The van der Waals surface area contributed by atoms with Crippen LogP contribution in [0.5, 0.6) is 5.75 Å². The summed E-state index contributed by atoms with van der Waals surface area (Å²) in [6.45, 7) is 4.87.